The Morgan fingerprint density at radius 3 is 2.57 bits per heavy atom. The highest BCUT2D eigenvalue weighted by Crippen LogP contribution is 2.09. The maximum Gasteiger partial charge on any atom is 0.00393 e. The Bertz CT molecular complexity index is 268. The van der Waals surface area contributed by atoms with Gasteiger partial charge in [0.05, 0.1) is 0 Å². The molecule has 1 rings (SSSR count). The summed E-state index contributed by atoms with van der Waals surface area (Å²) in [6, 6.07) is 9.18. The molecule has 1 unspecified atom stereocenters. The molecule has 78 valence electrons. The van der Waals surface area contributed by atoms with Crippen molar-refractivity contribution >= 4 is 0 Å². The van der Waals surface area contributed by atoms with Crippen molar-refractivity contribution in [3.63, 3.8) is 0 Å². The number of benzene rings is 1. The van der Waals surface area contributed by atoms with Gasteiger partial charge in [-0.05, 0) is 36.8 Å². The van der Waals surface area contributed by atoms with Crippen LogP contribution in [0.5, 0.6) is 0 Å². The number of nitrogens with two attached hydrogens (primary N) is 1. The molecule has 0 aliphatic rings. The first-order valence-electron chi connectivity index (χ1n) is 5.59. The lowest BCUT2D eigenvalue weighted by atomic mass is 10.0. The van der Waals surface area contributed by atoms with Gasteiger partial charge in [-0.3, -0.25) is 0 Å². The molecule has 0 spiro atoms. The van der Waals surface area contributed by atoms with Gasteiger partial charge in [-0.15, -0.1) is 0 Å². The van der Waals surface area contributed by atoms with E-state index in [1.165, 1.54) is 11.1 Å². The lowest BCUT2D eigenvalue weighted by Crippen LogP contribution is -2.19. The normalized spacial score (nSPS) is 12.8. The summed E-state index contributed by atoms with van der Waals surface area (Å²) in [5.74, 6) is 0. The van der Waals surface area contributed by atoms with E-state index in [1.807, 2.05) is 0 Å². The third kappa shape index (κ3) is 3.51. The lowest BCUT2D eigenvalue weighted by Gasteiger charge is -2.08. The standard InChI is InChI=1S/C13H21N/c1-3-11-6-5-7-12(10-11)8-9-13(14)4-2/h5-7,10,13H,3-4,8-9,14H2,1-2H3. The summed E-state index contributed by atoms with van der Waals surface area (Å²) in [6.07, 6.45) is 4.41. The molecule has 0 fully saturated rings. The van der Waals surface area contributed by atoms with Crippen molar-refractivity contribution in [3.8, 4) is 0 Å². The molecule has 0 amide bonds. The summed E-state index contributed by atoms with van der Waals surface area (Å²) < 4.78 is 0. The Morgan fingerprint density at radius 1 is 1.21 bits per heavy atom. The smallest absolute Gasteiger partial charge is 0.00393 e. The fourth-order valence-corrected chi connectivity index (χ4v) is 1.56. The van der Waals surface area contributed by atoms with Gasteiger partial charge in [-0.1, -0.05) is 38.1 Å². The Morgan fingerprint density at radius 2 is 1.93 bits per heavy atom. The van der Waals surface area contributed by atoms with Crippen LogP contribution in [0.15, 0.2) is 24.3 Å². The topological polar surface area (TPSA) is 26.0 Å². The fourth-order valence-electron chi connectivity index (χ4n) is 1.56. The maximum absolute atomic E-state index is 5.89. The van der Waals surface area contributed by atoms with Gasteiger partial charge in [0, 0.05) is 6.04 Å². The van der Waals surface area contributed by atoms with Gasteiger partial charge >= 0.3 is 0 Å². The molecule has 0 bridgehead atoms. The molecule has 0 aliphatic carbocycles. The minimum atomic E-state index is 0.361. The average molecular weight is 191 g/mol. The number of rotatable bonds is 5. The molecule has 0 saturated carbocycles. The van der Waals surface area contributed by atoms with Gasteiger partial charge in [0.1, 0.15) is 0 Å². The van der Waals surface area contributed by atoms with E-state index in [9.17, 15) is 0 Å². The van der Waals surface area contributed by atoms with Crippen molar-refractivity contribution in [2.24, 2.45) is 5.73 Å². The Labute approximate surface area is 87.3 Å². The second-order valence-electron chi connectivity index (χ2n) is 3.88. The van der Waals surface area contributed by atoms with Crippen LogP contribution in [0.1, 0.15) is 37.8 Å². The summed E-state index contributed by atoms with van der Waals surface area (Å²) in [4.78, 5) is 0. The SMILES string of the molecule is CCc1cccc(CCC(N)CC)c1. The monoisotopic (exact) mass is 191 g/mol. The van der Waals surface area contributed by atoms with E-state index in [2.05, 4.69) is 38.1 Å². The van der Waals surface area contributed by atoms with Crippen molar-refractivity contribution in [2.75, 3.05) is 0 Å². The van der Waals surface area contributed by atoms with Crippen molar-refractivity contribution in [3.05, 3.63) is 35.4 Å². The fraction of sp³-hybridized carbons (Fsp3) is 0.538. The minimum Gasteiger partial charge on any atom is -0.328 e. The third-order valence-corrected chi connectivity index (χ3v) is 2.73. The minimum absolute atomic E-state index is 0.361. The molecular formula is C13H21N. The molecular weight excluding hydrogens is 170 g/mol. The zero-order chi connectivity index (χ0) is 10.4. The Balaban J connectivity index is 2.50. The molecule has 1 heteroatoms. The first kappa shape index (κ1) is 11.3. The molecule has 1 aromatic rings. The van der Waals surface area contributed by atoms with E-state index in [0.29, 0.717) is 6.04 Å². The largest absolute Gasteiger partial charge is 0.328 e. The summed E-state index contributed by atoms with van der Waals surface area (Å²) in [5.41, 5.74) is 8.74. The van der Waals surface area contributed by atoms with E-state index < -0.39 is 0 Å². The molecule has 0 aromatic heterocycles. The van der Waals surface area contributed by atoms with Gasteiger partial charge in [0.15, 0.2) is 0 Å². The molecule has 14 heavy (non-hydrogen) atoms. The van der Waals surface area contributed by atoms with Crippen molar-refractivity contribution in [2.45, 2.75) is 45.6 Å². The summed E-state index contributed by atoms with van der Waals surface area (Å²) in [7, 11) is 0. The zero-order valence-electron chi connectivity index (χ0n) is 9.29. The van der Waals surface area contributed by atoms with Crippen LogP contribution in [0, 0.1) is 0 Å². The Kier molecular flexibility index (Phi) is 4.68. The van der Waals surface area contributed by atoms with E-state index in [-0.39, 0.29) is 0 Å². The highest BCUT2D eigenvalue weighted by Gasteiger charge is 2.00. The van der Waals surface area contributed by atoms with E-state index in [4.69, 9.17) is 5.73 Å². The first-order valence-corrected chi connectivity index (χ1v) is 5.59. The molecule has 0 heterocycles. The predicted octanol–water partition coefficient (Wildman–Crippen LogP) is 2.92. The van der Waals surface area contributed by atoms with Gasteiger partial charge in [-0.2, -0.15) is 0 Å². The Hall–Kier alpha value is -0.820. The predicted molar refractivity (Wildman–Crippen MR) is 62.4 cm³/mol. The van der Waals surface area contributed by atoms with Crippen LogP contribution in [0.2, 0.25) is 0 Å². The van der Waals surface area contributed by atoms with Crippen molar-refractivity contribution in [1.29, 1.82) is 0 Å². The van der Waals surface area contributed by atoms with Crippen molar-refractivity contribution < 1.29 is 0 Å². The second-order valence-corrected chi connectivity index (χ2v) is 3.88. The van der Waals surface area contributed by atoms with Crippen LogP contribution in [-0.4, -0.2) is 6.04 Å². The molecule has 0 aliphatic heterocycles. The highest BCUT2D eigenvalue weighted by molar-refractivity contribution is 5.23. The van der Waals surface area contributed by atoms with E-state index in [1.54, 1.807) is 0 Å². The van der Waals surface area contributed by atoms with Gasteiger partial charge in [0.25, 0.3) is 0 Å². The zero-order valence-corrected chi connectivity index (χ0v) is 9.29. The quantitative estimate of drug-likeness (QED) is 0.761. The van der Waals surface area contributed by atoms with Crippen LogP contribution < -0.4 is 5.73 Å². The molecule has 0 saturated heterocycles. The maximum atomic E-state index is 5.89. The van der Waals surface area contributed by atoms with Gasteiger partial charge in [-0.25, -0.2) is 0 Å². The molecule has 1 aromatic carbocycles. The van der Waals surface area contributed by atoms with Crippen LogP contribution in [0.4, 0.5) is 0 Å². The lowest BCUT2D eigenvalue weighted by molar-refractivity contribution is 0.596. The van der Waals surface area contributed by atoms with Gasteiger partial charge < -0.3 is 5.73 Å². The summed E-state index contributed by atoms with van der Waals surface area (Å²) in [6.45, 7) is 4.34. The van der Waals surface area contributed by atoms with Crippen LogP contribution >= 0.6 is 0 Å². The second kappa shape index (κ2) is 5.82. The molecule has 1 atom stereocenters. The van der Waals surface area contributed by atoms with E-state index >= 15 is 0 Å². The summed E-state index contributed by atoms with van der Waals surface area (Å²) >= 11 is 0. The highest BCUT2D eigenvalue weighted by atomic mass is 14.6. The summed E-state index contributed by atoms with van der Waals surface area (Å²) in [5, 5.41) is 0. The molecule has 0 radical (unpaired) electrons. The van der Waals surface area contributed by atoms with Crippen LogP contribution in [0.3, 0.4) is 0 Å². The van der Waals surface area contributed by atoms with Crippen molar-refractivity contribution in [1.82, 2.24) is 0 Å². The molecule has 1 nitrogen and oxygen atoms in total. The van der Waals surface area contributed by atoms with Gasteiger partial charge in [0.2, 0.25) is 0 Å². The number of aryl methyl sites for hydroxylation is 2. The average Bonchev–Trinajstić information content (AvgIpc) is 2.26. The van der Waals surface area contributed by atoms with Crippen LogP contribution in [-0.2, 0) is 12.8 Å². The molecule has 2 N–H and O–H groups in total. The number of hydrogen-bond acceptors (Lipinski definition) is 1. The number of hydrogen-bond donors (Lipinski definition) is 1. The third-order valence-electron chi connectivity index (χ3n) is 2.73. The van der Waals surface area contributed by atoms with Crippen LogP contribution in [0.25, 0.3) is 0 Å². The van der Waals surface area contributed by atoms with E-state index in [0.717, 1.165) is 25.7 Å². The first-order chi connectivity index (χ1) is 6.76.